The van der Waals surface area contributed by atoms with Crippen LogP contribution in [0, 0.1) is 12.8 Å². The summed E-state index contributed by atoms with van der Waals surface area (Å²) in [4.78, 5) is 10.5. The van der Waals surface area contributed by atoms with Crippen molar-refractivity contribution < 1.29 is 4.79 Å². The minimum Gasteiger partial charge on any atom is -0.372 e. The number of nitrogens with two attached hydrogens (primary N) is 1. The van der Waals surface area contributed by atoms with E-state index in [2.05, 4.69) is 68.0 Å². The Morgan fingerprint density at radius 2 is 1.83 bits per heavy atom. The van der Waals surface area contributed by atoms with Crippen molar-refractivity contribution in [1.82, 2.24) is 4.90 Å². The van der Waals surface area contributed by atoms with E-state index in [9.17, 15) is 0 Å². The maximum atomic E-state index is 8.00. The molecule has 1 aromatic rings. The molecule has 0 unspecified atom stereocenters. The van der Waals surface area contributed by atoms with Crippen molar-refractivity contribution in [2.45, 2.75) is 59.8 Å². The number of para-hydroxylation sites is 1. The molecular weight excluding hydrogens is 370 g/mol. The number of carbonyl (C=O) groups is 1. The van der Waals surface area contributed by atoms with E-state index in [1.165, 1.54) is 59.4 Å². The van der Waals surface area contributed by atoms with Gasteiger partial charge in [-0.05, 0) is 86.8 Å². The van der Waals surface area contributed by atoms with Gasteiger partial charge in [-0.3, -0.25) is 0 Å². The minimum atomic E-state index is 0.750. The number of aryl methyl sites for hydroxylation is 1. The highest BCUT2D eigenvalue weighted by Crippen LogP contribution is 2.36. The average Bonchev–Trinajstić information content (AvgIpc) is 3.23. The number of piperidine rings is 1. The van der Waals surface area contributed by atoms with Crippen LogP contribution >= 0.6 is 0 Å². The predicted molar refractivity (Wildman–Crippen MR) is 130 cm³/mol. The lowest BCUT2D eigenvalue weighted by molar-refractivity contribution is -0.0979. The van der Waals surface area contributed by atoms with Crippen LogP contribution in [0.4, 0.5) is 5.69 Å². The van der Waals surface area contributed by atoms with E-state index in [4.69, 9.17) is 10.5 Å². The van der Waals surface area contributed by atoms with Crippen molar-refractivity contribution in [2.24, 2.45) is 11.7 Å². The molecule has 0 bridgehead atoms. The highest BCUT2D eigenvalue weighted by molar-refractivity contribution is 5.54. The van der Waals surface area contributed by atoms with Crippen molar-refractivity contribution in [3.05, 3.63) is 65.0 Å². The lowest BCUT2D eigenvalue weighted by atomic mass is 9.96. The van der Waals surface area contributed by atoms with E-state index in [1.807, 2.05) is 13.7 Å². The number of nitrogens with one attached hydrogen (secondary N) is 1. The van der Waals surface area contributed by atoms with E-state index in [0.29, 0.717) is 0 Å². The number of likely N-dealkylation sites (tertiary alicyclic amines) is 1. The molecule has 0 radical (unpaired) electrons. The molecule has 2 aliphatic rings. The zero-order valence-corrected chi connectivity index (χ0v) is 19.5. The highest BCUT2D eigenvalue weighted by Gasteiger charge is 2.22. The Bertz CT molecular complexity index is 728. The molecule has 1 saturated heterocycles. The van der Waals surface area contributed by atoms with Gasteiger partial charge in [0.05, 0.1) is 0 Å². The average molecular weight is 412 g/mol. The lowest BCUT2D eigenvalue weighted by Gasteiger charge is -2.34. The van der Waals surface area contributed by atoms with Crippen molar-refractivity contribution in [2.75, 3.05) is 25.0 Å². The first kappa shape index (κ1) is 25.7. The van der Waals surface area contributed by atoms with Crippen LogP contribution in [0.1, 0.15) is 58.4 Å². The maximum absolute atomic E-state index is 8.00. The van der Waals surface area contributed by atoms with Gasteiger partial charge in [-0.2, -0.15) is 0 Å². The number of nitrogens with zero attached hydrogens (tertiary/aromatic N) is 1. The second kappa shape index (κ2) is 13.8. The van der Waals surface area contributed by atoms with Crippen molar-refractivity contribution in [1.29, 1.82) is 0 Å². The van der Waals surface area contributed by atoms with Crippen LogP contribution in [0.3, 0.4) is 0 Å². The Morgan fingerprint density at radius 1 is 1.23 bits per heavy atom. The monoisotopic (exact) mass is 411 g/mol. The summed E-state index contributed by atoms with van der Waals surface area (Å²) in [6.45, 7) is 18.2. The lowest BCUT2D eigenvalue weighted by Crippen LogP contribution is -2.32. The molecule has 4 nitrogen and oxygen atoms in total. The third kappa shape index (κ3) is 7.49. The molecular formula is C26H41N3O. The summed E-state index contributed by atoms with van der Waals surface area (Å²) < 4.78 is 0. The molecule has 0 spiro atoms. The molecule has 1 aromatic carbocycles. The van der Waals surface area contributed by atoms with Crippen LogP contribution in [0.15, 0.2) is 59.5 Å². The Balaban J connectivity index is 0.000000826. The highest BCUT2D eigenvalue weighted by atomic mass is 16.1. The van der Waals surface area contributed by atoms with Gasteiger partial charge in [0.2, 0.25) is 0 Å². The number of anilines is 1. The number of benzene rings is 1. The molecule has 30 heavy (non-hydrogen) atoms. The molecule has 1 saturated carbocycles. The normalized spacial score (nSPS) is 19.4. The van der Waals surface area contributed by atoms with Gasteiger partial charge >= 0.3 is 0 Å². The molecule has 0 aromatic heterocycles. The van der Waals surface area contributed by atoms with E-state index >= 15 is 0 Å². The number of allylic oxidation sites excluding steroid dienone is 3. The standard InChI is InChI=1S/C23H32N2.C2H7N.CH2O/c1-17-12-14-25(15-13-17)20(4)19(3)22-10-7-9-21(22)16-24-23-11-6-5-8-18(23)2;1-2-3;1-2/h5-6,8,11,16-17,24H,4,7,9-10,12-15H2,1-3H3;2-3H2,1H3;1H2/b21-16-,22-19-;;. The Labute approximate surface area is 183 Å². The third-order valence-corrected chi connectivity index (χ3v) is 5.86. The molecule has 4 heteroatoms. The van der Waals surface area contributed by atoms with E-state index in [-0.39, 0.29) is 0 Å². The zero-order chi connectivity index (χ0) is 22.5. The fraction of sp³-hybridized carbons (Fsp3) is 0.500. The van der Waals surface area contributed by atoms with Gasteiger partial charge in [0.25, 0.3) is 0 Å². The summed E-state index contributed by atoms with van der Waals surface area (Å²) >= 11 is 0. The molecule has 1 aliphatic heterocycles. The molecule has 3 rings (SSSR count). The second-order valence-corrected chi connectivity index (χ2v) is 8.11. The van der Waals surface area contributed by atoms with Gasteiger partial charge in [-0.25, -0.2) is 0 Å². The molecule has 3 N–H and O–H groups in total. The first-order chi connectivity index (χ1) is 14.5. The van der Waals surface area contributed by atoms with Gasteiger partial charge in [0.15, 0.2) is 0 Å². The summed E-state index contributed by atoms with van der Waals surface area (Å²) in [7, 11) is 0. The van der Waals surface area contributed by atoms with Crippen molar-refractivity contribution >= 4 is 12.5 Å². The molecule has 0 amide bonds. The summed E-state index contributed by atoms with van der Waals surface area (Å²) in [6.07, 6.45) is 8.39. The van der Waals surface area contributed by atoms with Crippen molar-refractivity contribution in [3.8, 4) is 0 Å². The predicted octanol–water partition coefficient (Wildman–Crippen LogP) is 5.82. The Kier molecular flexibility index (Phi) is 11.8. The maximum Gasteiger partial charge on any atom is 0.106 e. The van der Waals surface area contributed by atoms with Crippen LogP contribution < -0.4 is 11.1 Å². The SMILES string of the molecule is C=C(/C(C)=C1/CCC/C1=C/Nc1ccccc1C)N1CCC(C)CC1.C=O.CCN. The van der Waals surface area contributed by atoms with E-state index in [1.54, 1.807) is 0 Å². The van der Waals surface area contributed by atoms with Crippen LogP contribution in [0.5, 0.6) is 0 Å². The van der Waals surface area contributed by atoms with Crippen LogP contribution in [0.2, 0.25) is 0 Å². The summed E-state index contributed by atoms with van der Waals surface area (Å²) in [5.41, 5.74) is 12.9. The summed E-state index contributed by atoms with van der Waals surface area (Å²) in [5, 5.41) is 3.52. The fourth-order valence-electron chi connectivity index (χ4n) is 3.94. The van der Waals surface area contributed by atoms with Crippen LogP contribution in [-0.4, -0.2) is 31.3 Å². The van der Waals surface area contributed by atoms with Gasteiger partial charge in [-0.15, -0.1) is 0 Å². The molecule has 1 heterocycles. The number of carbonyl (C=O) groups excluding carboxylic acids is 1. The van der Waals surface area contributed by atoms with Gasteiger partial charge in [-0.1, -0.05) is 38.6 Å². The molecule has 1 aliphatic carbocycles. The number of hydrogen-bond donors (Lipinski definition) is 2. The molecule has 166 valence electrons. The summed E-state index contributed by atoms with van der Waals surface area (Å²) in [6, 6.07) is 8.47. The fourth-order valence-corrected chi connectivity index (χ4v) is 3.94. The molecule has 2 fully saturated rings. The number of hydrogen-bond acceptors (Lipinski definition) is 4. The second-order valence-electron chi connectivity index (χ2n) is 8.11. The molecule has 0 atom stereocenters. The topological polar surface area (TPSA) is 58.4 Å². The van der Waals surface area contributed by atoms with Gasteiger partial charge in [0.1, 0.15) is 6.79 Å². The first-order valence-corrected chi connectivity index (χ1v) is 11.1. The third-order valence-electron chi connectivity index (χ3n) is 5.86. The smallest absolute Gasteiger partial charge is 0.106 e. The zero-order valence-electron chi connectivity index (χ0n) is 19.5. The number of rotatable bonds is 4. The van der Waals surface area contributed by atoms with Gasteiger partial charge < -0.3 is 20.7 Å². The van der Waals surface area contributed by atoms with E-state index < -0.39 is 0 Å². The van der Waals surface area contributed by atoms with Crippen LogP contribution in [-0.2, 0) is 4.79 Å². The Morgan fingerprint density at radius 3 is 2.43 bits per heavy atom. The largest absolute Gasteiger partial charge is 0.372 e. The van der Waals surface area contributed by atoms with E-state index in [0.717, 1.165) is 32.0 Å². The van der Waals surface area contributed by atoms with Crippen LogP contribution in [0.25, 0.3) is 0 Å². The Hall–Kier alpha value is -2.33. The first-order valence-electron chi connectivity index (χ1n) is 11.1. The quantitative estimate of drug-likeness (QED) is 0.656. The van der Waals surface area contributed by atoms with Gasteiger partial charge in [0, 0.05) is 30.7 Å². The summed E-state index contributed by atoms with van der Waals surface area (Å²) in [5.74, 6) is 0.859. The van der Waals surface area contributed by atoms with Crippen molar-refractivity contribution in [3.63, 3.8) is 0 Å². The minimum absolute atomic E-state index is 0.750.